The molecule has 1 aromatic heterocycles. The van der Waals surface area contributed by atoms with Crippen LogP contribution in [-0.4, -0.2) is 66.1 Å². The van der Waals surface area contributed by atoms with Crippen molar-refractivity contribution in [2.75, 3.05) is 32.8 Å². The Balaban J connectivity index is 1.77. The second kappa shape index (κ2) is 8.67. The van der Waals surface area contributed by atoms with Gasteiger partial charge in [0.15, 0.2) is 0 Å². The standard InChI is InChI=1S/C19H27BrN4O3/c1-13(2)10-24-11-16(22-17(25)14-7-15(20)9-21-8-14)18(26)23-19(12-24)3-5-27-6-4-19/h7-9,13,16H,3-6,10-12H2,1-2H3,(H,22,25)(H,23,26). The smallest absolute Gasteiger partial charge is 0.253 e. The number of nitrogens with one attached hydrogen (secondary N) is 2. The quantitative estimate of drug-likeness (QED) is 0.745. The number of amides is 2. The summed E-state index contributed by atoms with van der Waals surface area (Å²) in [7, 11) is 0. The normalized spacial score (nSPS) is 23.1. The Labute approximate surface area is 168 Å². The van der Waals surface area contributed by atoms with Crippen LogP contribution in [0.15, 0.2) is 22.9 Å². The zero-order valence-corrected chi connectivity index (χ0v) is 17.4. The molecule has 2 N–H and O–H groups in total. The molecule has 2 aliphatic rings. The molecule has 2 aliphatic heterocycles. The van der Waals surface area contributed by atoms with Gasteiger partial charge in [0.1, 0.15) is 6.04 Å². The summed E-state index contributed by atoms with van der Waals surface area (Å²) < 4.78 is 6.22. The fourth-order valence-corrected chi connectivity index (χ4v) is 4.18. The van der Waals surface area contributed by atoms with Crippen LogP contribution in [0.25, 0.3) is 0 Å². The molecule has 1 unspecified atom stereocenters. The third-order valence-corrected chi connectivity index (χ3v) is 5.45. The predicted molar refractivity (Wildman–Crippen MR) is 105 cm³/mol. The Morgan fingerprint density at radius 2 is 2.19 bits per heavy atom. The highest BCUT2D eigenvalue weighted by molar-refractivity contribution is 9.10. The van der Waals surface area contributed by atoms with Crippen LogP contribution < -0.4 is 10.6 Å². The molecule has 27 heavy (non-hydrogen) atoms. The van der Waals surface area contributed by atoms with Crippen LogP contribution in [0.3, 0.4) is 0 Å². The summed E-state index contributed by atoms with van der Waals surface area (Å²) in [6.45, 7) is 7.79. The minimum absolute atomic E-state index is 0.125. The molecule has 148 valence electrons. The molecule has 1 spiro atoms. The van der Waals surface area contributed by atoms with Gasteiger partial charge in [-0.05, 0) is 40.8 Å². The highest BCUT2D eigenvalue weighted by Gasteiger charge is 2.41. The van der Waals surface area contributed by atoms with Gasteiger partial charge in [0, 0.05) is 49.7 Å². The third-order valence-electron chi connectivity index (χ3n) is 5.02. The van der Waals surface area contributed by atoms with Crippen molar-refractivity contribution in [1.29, 1.82) is 0 Å². The number of nitrogens with zero attached hydrogens (tertiary/aromatic N) is 2. The number of carbonyl (C=O) groups is 2. The van der Waals surface area contributed by atoms with Crippen molar-refractivity contribution in [3.8, 4) is 0 Å². The summed E-state index contributed by atoms with van der Waals surface area (Å²) in [6.07, 6.45) is 4.71. The summed E-state index contributed by atoms with van der Waals surface area (Å²) in [6, 6.07) is 1.10. The van der Waals surface area contributed by atoms with E-state index in [0.717, 1.165) is 30.4 Å². The molecule has 7 nitrogen and oxygen atoms in total. The maximum Gasteiger partial charge on any atom is 0.253 e. The predicted octanol–water partition coefficient (Wildman–Crippen LogP) is 1.58. The van der Waals surface area contributed by atoms with E-state index in [-0.39, 0.29) is 17.4 Å². The van der Waals surface area contributed by atoms with E-state index in [1.807, 2.05) is 0 Å². The van der Waals surface area contributed by atoms with Gasteiger partial charge in [-0.15, -0.1) is 0 Å². The number of ether oxygens (including phenoxy) is 1. The first-order chi connectivity index (χ1) is 12.9. The molecule has 1 aromatic rings. The fraction of sp³-hybridized carbons (Fsp3) is 0.632. The van der Waals surface area contributed by atoms with Crippen LogP contribution in [0.2, 0.25) is 0 Å². The molecule has 3 rings (SSSR count). The zero-order valence-electron chi connectivity index (χ0n) is 15.8. The highest BCUT2D eigenvalue weighted by atomic mass is 79.9. The van der Waals surface area contributed by atoms with Crippen molar-refractivity contribution in [2.24, 2.45) is 5.92 Å². The number of rotatable bonds is 4. The van der Waals surface area contributed by atoms with E-state index >= 15 is 0 Å². The van der Waals surface area contributed by atoms with E-state index < -0.39 is 6.04 Å². The number of hydrogen-bond acceptors (Lipinski definition) is 5. The second-order valence-electron chi connectivity index (χ2n) is 7.89. The summed E-state index contributed by atoms with van der Waals surface area (Å²) >= 11 is 3.32. The van der Waals surface area contributed by atoms with E-state index in [1.54, 1.807) is 12.3 Å². The molecule has 8 heteroatoms. The second-order valence-corrected chi connectivity index (χ2v) is 8.80. The average Bonchev–Trinajstić information content (AvgIpc) is 2.71. The molecule has 2 fully saturated rings. The van der Waals surface area contributed by atoms with Gasteiger partial charge < -0.3 is 15.4 Å². The average molecular weight is 439 g/mol. The number of carbonyl (C=O) groups excluding carboxylic acids is 2. The van der Waals surface area contributed by atoms with E-state index in [9.17, 15) is 9.59 Å². The van der Waals surface area contributed by atoms with E-state index in [2.05, 4.69) is 50.3 Å². The Morgan fingerprint density at radius 3 is 2.85 bits per heavy atom. The van der Waals surface area contributed by atoms with Crippen LogP contribution in [0.1, 0.15) is 37.0 Å². The van der Waals surface area contributed by atoms with Crippen LogP contribution in [0.4, 0.5) is 0 Å². The van der Waals surface area contributed by atoms with Gasteiger partial charge >= 0.3 is 0 Å². The molecular weight excluding hydrogens is 412 g/mol. The lowest BCUT2D eigenvalue weighted by Gasteiger charge is -2.39. The molecule has 0 bridgehead atoms. The van der Waals surface area contributed by atoms with Crippen molar-refractivity contribution in [1.82, 2.24) is 20.5 Å². The topological polar surface area (TPSA) is 83.6 Å². The minimum Gasteiger partial charge on any atom is -0.381 e. The highest BCUT2D eigenvalue weighted by Crippen LogP contribution is 2.25. The number of aromatic nitrogens is 1. The Morgan fingerprint density at radius 1 is 1.44 bits per heavy atom. The van der Waals surface area contributed by atoms with Crippen molar-refractivity contribution in [3.63, 3.8) is 0 Å². The van der Waals surface area contributed by atoms with E-state index in [4.69, 9.17) is 4.74 Å². The SMILES string of the molecule is CC(C)CN1CC(NC(=O)c2cncc(Br)c2)C(=O)NC2(CCOCC2)C1. The van der Waals surface area contributed by atoms with Gasteiger partial charge in [0.05, 0.1) is 11.1 Å². The molecule has 1 atom stereocenters. The summed E-state index contributed by atoms with van der Waals surface area (Å²) in [5, 5.41) is 6.11. The van der Waals surface area contributed by atoms with Gasteiger partial charge in [-0.3, -0.25) is 19.5 Å². The fourth-order valence-electron chi connectivity index (χ4n) is 3.81. The molecule has 0 aliphatic carbocycles. The number of hydrogen-bond donors (Lipinski definition) is 2. The Bertz CT molecular complexity index is 691. The van der Waals surface area contributed by atoms with Gasteiger partial charge in [0.25, 0.3) is 5.91 Å². The lowest BCUT2D eigenvalue weighted by Crippen LogP contribution is -2.57. The monoisotopic (exact) mass is 438 g/mol. The molecule has 2 saturated heterocycles. The Kier molecular flexibility index (Phi) is 6.49. The van der Waals surface area contributed by atoms with Crippen LogP contribution in [0, 0.1) is 5.92 Å². The maximum absolute atomic E-state index is 12.9. The maximum atomic E-state index is 12.9. The molecule has 3 heterocycles. The molecule has 0 radical (unpaired) electrons. The van der Waals surface area contributed by atoms with Crippen LogP contribution in [0.5, 0.6) is 0 Å². The van der Waals surface area contributed by atoms with Crippen LogP contribution in [-0.2, 0) is 9.53 Å². The molecule has 2 amide bonds. The number of pyridine rings is 1. The molecular formula is C19H27BrN4O3. The van der Waals surface area contributed by atoms with Gasteiger partial charge in [-0.2, -0.15) is 0 Å². The van der Waals surface area contributed by atoms with Crippen LogP contribution >= 0.6 is 15.9 Å². The zero-order chi connectivity index (χ0) is 19.4. The minimum atomic E-state index is -0.600. The molecule has 0 aromatic carbocycles. The summed E-state index contributed by atoms with van der Waals surface area (Å²) in [5.74, 6) is 0.0524. The van der Waals surface area contributed by atoms with Gasteiger partial charge in [0.2, 0.25) is 5.91 Å². The molecule has 0 saturated carbocycles. The first-order valence-electron chi connectivity index (χ1n) is 9.40. The van der Waals surface area contributed by atoms with Crippen molar-refractivity contribution in [3.05, 3.63) is 28.5 Å². The largest absolute Gasteiger partial charge is 0.381 e. The summed E-state index contributed by atoms with van der Waals surface area (Å²) in [5.41, 5.74) is 0.152. The third kappa shape index (κ3) is 5.27. The lowest BCUT2D eigenvalue weighted by molar-refractivity contribution is -0.125. The first kappa shape index (κ1) is 20.2. The summed E-state index contributed by atoms with van der Waals surface area (Å²) in [4.78, 5) is 31.9. The van der Waals surface area contributed by atoms with Crippen molar-refractivity contribution < 1.29 is 14.3 Å². The van der Waals surface area contributed by atoms with Crippen molar-refractivity contribution in [2.45, 2.75) is 38.3 Å². The Hall–Kier alpha value is -1.51. The van der Waals surface area contributed by atoms with E-state index in [0.29, 0.717) is 31.2 Å². The van der Waals surface area contributed by atoms with Crippen molar-refractivity contribution >= 4 is 27.7 Å². The van der Waals surface area contributed by atoms with E-state index in [1.165, 1.54) is 6.20 Å². The first-order valence-corrected chi connectivity index (χ1v) is 10.2. The number of halogens is 1. The van der Waals surface area contributed by atoms with Gasteiger partial charge in [-0.25, -0.2) is 0 Å². The van der Waals surface area contributed by atoms with Gasteiger partial charge in [-0.1, -0.05) is 13.8 Å². The lowest BCUT2D eigenvalue weighted by atomic mass is 9.89.